The van der Waals surface area contributed by atoms with Crippen molar-refractivity contribution >= 4 is 29.8 Å². The van der Waals surface area contributed by atoms with Gasteiger partial charge in [0.15, 0.2) is 0 Å². The standard InChI is InChI=1S/C35H48N4O7/c1-10-16-39(31(42)26(21-28(36)40)38-33(44)46-35(7,8)9)29(25-18-22(2)17-23(3)19-25)30(41)37-27(32(43)45-34(4,5)6)20-24-14-12-11-13-15-24/h10-15,17-19,26-27,29H,1,16,20-21H2,2-9H3,(H2,36,40)(H,37,41)(H,38,44). The molecule has 3 atom stereocenters. The summed E-state index contributed by atoms with van der Waals surface area (Å²) < 4.78 is 11.0. The molecule has 11 nitrogen and oxygen atoms in total. The summed E-state index contributed by atoms with van der Waals surface area (Å²) in [6.07, 6.45) is 0.0544. The predicted molar refractivity (Wildman–Crippen MR) is 175 cm³/mol. The van der Waals surface area contributed by atoms with Crippen molar-refractivity contribution in [2.45, 2.75) is 97.6 Å². The molecule has 11 heteroatoms. The molecule has 0 bridgehead atoms. The molecule has 250 valence electrons. The third-order valence-electron chi connectivity index (χ3n) is 6.41. The maximum Gasteiger partial charge on any atom is 0.408 e. The van der Waals surface area contributed by atoms with Gasteiger partial charge in [-0.1, -0.05) is 65.7 Å². The van der Waals surface area contributed by atoms with Crippen LogP contribution in [0.2, 0.25) is 0 Å². The zero-order chi connectivity index (χ0) is 34.8. The van der Waals surface area contributed by atoms with Gasteiger partial charge in [-0.2, -0.15) is 0 Å². The van der Waals surface area contributed by atoms with Crippen LogP contribution in [-0.2, 0) is 35.1 Å². The fourth-order valence-corrected chi connectivity index (χ4v) is 4.82. The highest BCUT2D eigenvalue weighted by atomic mass is 16.6. The number of amides is 4. The Kier molecular flexibility index (Phi) is 13.1. The van der Waals surface area contributed by atoms with E-state index in [4.69, 9.17) is 15.2 Å². The predicted octanol–water partition coefficient (Wildman–Crippen LogP) is 4.20. The van der Waals surface area contributed by atoms with Crippen LogP contribution in [0.25, 0.3) is 0 Å². The molecule has 2 aromatic carbocycles. The van der Waals surface area contributed by atoms with Crippen LogP contribution < -0.4 is 16.4 Å². The number of nitrogens with two attached hydrogens (primary N) is 1. The lowest BCUT2D eigenvalue weighted by molar-refractivity contribution is -0.159. The van der Waals surface area contributed by atoms with Crippen molar-refractivity contribution in [2.24, 2.45) is 5.73 Å². The maximum absolute atomic E-state index is 14.4. The number of benzene rings is 2. The van der Waals surface area contributed by atoms with Crippen molar-refractivity contribution in [3.63, 3.8) is 0 Å². The van der Waals surface area contributed by atoms with Crippen LogP contribution in [0, 0.1) is 13.8 Å². The van der Waals surface area contributed by atoms with Crippen LogP contribution in [0.15, 0.2) is 61.2 Å². The first-order valence-electron chi connectivity index (χ1n) is 15.1. The van der Waals surface area contributed by atoms with Crippen LogP contribution in [0.1, 0.15) is 76.3 Å². The molecule has 0 aliphatic heterocycles. The molecule has 2 rings (SSSR count). The minimum atomic E-state index is -1.46. The Morgan fingerprint density at radius 3 is 1.93 bits per heavy atom. The summed E-state index contributed by atoms with van der Waals surface area (Å²) >= 11 is 0. The van der Waals surface area contributed by atoms with E-state index in [0.29, 0.717) is 5.56 Å². The number of primary amides is 1. The van der Waals surface area contributed by atoms with Gasteiger partial charge in [0, 0.05) is 13.0 Å². The molecule has 4 N–H and O–H groups in total. The number of rotatable bonds is 13. The molecule has 0 saturated carbocycles. The van der Waals surface area contributed by atoms with Crippen LogP contribution >= 0.6 is 0 Å². The monoisotopic (exact) mass is 636 g/mol. The van der Waals surface area contributed by atoms with Gasteiger partial charge in [0.25, 0.3) is 0 Å². The third kappa shape index (κ3) is 12.4. The van der Waals surface area contributed by atoms with Crippen molar-refractivity contribution in [3.05, 3.63) is 83.4 Å². The largest absolute Gasteiger partial charge is 0.458 e. The molecule has 0 spiro atoms. The van der Waals surface area contributed by atoms with Crippen molar-refractivity contribution in [3.8, 4) is 0 Å². The molecule has 0 saturated heterocycles. The summed E-state index contributed by atoms with van der Waals surface area (Å²) in [6.45, 7) is 17.5. The van der Waals surface area contributed by atoms with E-state index in [1.54, 1.807) is 53.7 Å². The molecular weight excluding hydrogens is 588 g/mol. The van der Waals surface area contributed by atoms with Crippen molar-refractivity contribution < 1.29 is 33.4 Å². The highest BCUT2D eigenvalue weighted by Gasteiger charge is 2.38. The lowest BCUT2D eigenvalue weighted by atomic mass is 9.97. The van der Waals surface area contributed by atoms with Crippen LogP contribution in [0.5, 0.6) is 0 Å². The first-order valence-corrected chi connectivity index (χ1v) is 15.1. The maximum atomic E-state index is 14.4. The molecule has 0 aromatic heterocycles. The zero-order valence-electron chi connectivity index (χ0n) is 28.1. The van der Waals surface area contributed by atoms with Crippen molar-refractivity contribution in [2.75, 3.05) is 6.54 Å². The third-order valence-corrected chi connectivity index (χ3v) is 6.41. The van der Waals surface area contributed by atoms with E-state index in [-0.39, 0.29) is 13.0 Å². The number of hydrogen-bond acceptors (Lipinski definition) is 7. The van der Waals surface area contributed by atoms with E-state index >= 15 is 0 Å². The topological polar surface area (TPSA) is 157 Å². The zero-order valence-corrected chi connectivity index (χ0v) is 28.1. The van der Waals surface area contributed by atoms with Crippen LogP contribution in [-0.4, -0.2) is 64.5 Å². The van der Waals surface area contributed by atoms with Crippen molar-refractivity contribution in [1.82, 2.24) is 15.5 Å². The summed E-state index contributed by atoms with van der Waals surface area (Å²) in [5.41, 5.74) is 6.63. The Labute approximate surface area is 271 Å². The van der Waals surface area contributed by atoms with E-state index in [2.05, 4.69) is 17.2 Å². The highest BCUT2D eigenvalue weighted by Crippen LogP contribution is 2.26. The number of nitrogens with one attached hydrogen (secondary N) is 2. The van der Waals surface area contributed by atoms with Crippen LogP contribution in [0.4, 0.5) is 4.79 Å². The molecule has 3 unspecified atom stereocenters. The van der Waals surface area contributed by atoms with Crippen LogP contribution in [0.3, 0.4) is 0 Å². The molecular formula is C35H48N4O7. The van der Waals surface area contributed by atoms with Gasteiger partial charge in [0.2, 0.25) is 17.7 Å². The van der Waals surface area contributed by atoms with E-state index < -0.39 is 65.5 Å². The van der Waals surface area contributed by atoms with Gasteiger partial charge in [-0.05, 0) is 66.5 Å². The van der Waals surface area contributed by atoms with E-state index in [1.807, 2.05) is 50.2 Å². The second-order valence-corrected chi connectivity index (χ2v) is 13.3. The number of nitrogens with zero attached hydrogens (tertiary/aromatic N) is 1. The molecule has 0 aliphatic rings. The average molecular weight is 637 g/mol. The summed E-state index contributed by atoms with van der Waals surface area (Å²) in [4.78, 5) is 67.9. The molecule has 2 aromatic rings. The number of alkyl carbamates (subject to hydrolysis) is 1. The van der Waals surface area contributed by atoms with Gasteiger partial charge in [-0.15, -0.1) is 6.58 Å². The van der Waals surface area contributed by atoms with Gasteiger partial charge in [-0.3, -0.25) is 14.4 Å². The average Bonchev–Trinajstić information content (AvgIpc) is 2.89. The number of esters is 1. The fourth-order valence-electron chi connectivity index (χ4n) is 4.82. The molecule has 0 fully saturated rings. The number of ether oxygens (including phenoxy) is 2. The first-order chi connectivity index (χ1) is 21.3. The van der Waals surface area contributed by atoms with Gasteiger partial charge in [0.1, 0.15) is 29.3 Å². The molecule has 0 heterocycles. The van der Waals surface area contributed by atoms with Gasteiger partial charge >= 0.3 is 12.1 Å². The summed E-state index contributed by atoms with van der Waals surface area (Å²) in [5.74, 6) is -2.96. The van der Waals surface area contributed by atoms with Gasteiger partial charge < -0.3 is 30.7 Å². The smallest absolute Gasteiger partial charge is 0.408 e. The molecule has 0 radical (unpaired) electrons. The Morgan fingerprint density at radius 2 is 1.43 bits per heavy atom. The minimum absolute atomic E-state index is 0.126. The fraction of sp³-hybridized carbons (Fsp3) is 0.457. The number of carbonyl (C=O) groups is 5. The lowest BCUT2D eigenvalue weighted by Crippen LogP contribution is -2.55. The Hall–Kier alpha value is -4.67. The molecule has 46 heavy (non-hydrogen) atoms. The summed E-state index contributed by atoms with van der Waals surface area (Å²) in [6, 6.07) is 10.7. The van der Waals surface area contributed by atoms with Gasteiger partial charge in [0.05, 0.1) is 6.42 Å². The van der Waals surface area contributed by atoms with E-state index in [1.165, 1.54) is 11.0 Å². The molecule has 4 amide bonds. The van der Waals surface area contributed by atoms with E-state index in [9.17, 15) is 24.0 Å². The second-order valence-electron chi connectivity index (χ2n) is 13.3. The first kappa shape index (κ1) is 37.5. The summed E-state index contributed by atoms with van der Waals surface area (Å²) in [7, 11) is 0. The molecule has 0 aliphatic carbocycles. The van der Waals surface area contributed by atoms with Crippen molar-refractivity contribution in [1.29, 1.82) is 0 Å². The Bertz CT molecular complexity index is 1390. The Morgan fingerprint density at radius 1 is 0.870 bits per heavy atom. The number of carbonyl (C=O) groups excluding carboxylic acids is 5. The highest BCUT2D eigenvalue weighted by molar-refractivity contribution is 5.95. The minimum Gasteiger partial charge on any atom is -0.458 e. The Balaban J connectivity index is 2.64. The SMILES string of the molecule is C=CCN(C(=O)C(CC(N)=O)NC(=O)OC(C)(C)C)C(C(=O)NC(Cc1ccccc1)C(=O)OC(C)(C)C)c1cc(C)cc(C)c1. The number of aryl methyl sites for hydroxylation is 2. The van der Waals surface area contributed by atoms with E-state index in [0.717, 1.165) is 16.7 Å². The second kappa shape index (κ2) is 16.1. The number of hydrogen-bond donors (Lipinski definition) is 3. The summed E-state index contributed by atoms with van der Waals surface area (Å²) in [5, 5.41) is 5.26. The van der Waals surface area contributed by atoms with Gasteiger partial charge in [-0.25, -0.2) is 9.59 Å². The normalized spacial score (nSPS) is 13.4. The quantitative estimate of drug-likeness (QED) is 0.220. The lowest BCUT2D eigenvalue weighted by Gasteiger charge is -2.35.